The SMILES string of the molecule is CN(C1CCCCC1)S(=O)(=O)c1ccc(NS(=O)(=O)c2ccc([N+](=O)[O-])cc2)cc1. The quantitative estimate of drug-likeness (QED) is 0.506. The van der Waals surface area contributed by atoms with E-state index in [2.05, 4.69) is 4.72 Å². The zero-order valence-corrected chi connectivity index (χ0v) is 18.0. The lowest BCUT2D eigenvalue weighted by Gasteiger charge is -2.30. The van der Waals surface area contributed by atoms with E-state index in [9.17, 15) is 26.9 Å². The molecule has 2 aromatic rings. The minimum Gasteiger partial charge on any atom is -0.280 e. The minimum atomic E-state index is -3.97. The first-order chi connectivity index (χ1) is 14.1. The number of nitro groups is 1. The van der Waals surface area contributed by atoms with Crippen LogP contribution in [0, 0.1) is 10.1 Å². The van der Waals surface area contributed by atoms with E-state index in [1.807, 2.05) is 0 Å². The molecule has 162 valence electrons. The van der Waals surface area contributed by atoms with Crippen LogP contribution in [0.15, 0.2) is 58.3 Å². The van der Waals surface area contributed by atoms with Gasteiger partial charge in [-0.25, -0.2) is 16.8 Å². The van der Waals surface area contributed by atoms with Crippen molar-refractivity contribution in [1.82, 2.24) is 4.31 Å². The molecular formula is C19H23N3O6S2. The number of hydrogen-bond donors (Lipinski definition) is 1. The number of nitrogens with one attached hydrogen (secondary N) is 1. The maximum atomic E-state index is 12.9. The molecule has 0 heterocycles. The topological polar surface area (TPSA) is 127 Å². The molecule has 0 aromatic heterocycles. The van der Waals surface area contributed by atoms with E-state index in [0.29, 0.717) is 0 Å². The van der Waals surface area contributed by atoms with Gasteiger partial charge in [0.25, 0.3) is 15.7 Å². The van der Waals surface area contributed by atoms with Gasteiger partial charge >= 0.3 is 0 Å². The Morgan fingerprint density at radius 3 is 1.97 bits per heavy atom. The molecule has 0 aliphatic heterocycles. The molecule has 1 fully saturated rings. The summed E-state index contributed by atoms with van der Waals surface area (Å²) in [6.07, 6.45) is 4.81. The van der Waals surface area contributed by atoms with Crippen molar-refractivity contribution in [2.45, 2.75) is 47.9 Å². The van der Waals surface area contributed by atoms with E-state index in [0.717, 1.165) is 56.4 Å². The second-order valence-electron chi connectivity index (χ2n) is 7.19. The van der Waals surface area contributed by atoms with E-state index in [4.69, 9.17) is 0 Å². The maximum absolute atomic E-state index is 12.9. The van der Waals surface area contributed by atoms with Crippen molar-refractivity contribution in [2.75, 3.05) is 11.8 Å². The Morgan fingerprint density at radius 2 is 1.43 bits per heavy atom. The summed E-state index contributed by atoms with van der Waals surface area (Å²) in [6.45, 7) is 0. The van der Waals surface area contributed by atoms with Crippen molar-refractivity contribution >= 4 is 31.4 Å². The molecule has 1 aliphatic carbocycles. The van der Waals surface area contributed by atoms with Gasteiger partial charge in [-0.1, -0.05) is 19.3 Å². The molecule has 1 aliphatic rings. The van der Waals surface area contributed by atoms with Crippen molar-refractivity contribution in [1.29, 1.82) is 0 Å². The fraction of sp³-hybridized carbons (Fsp3) is 0.368. The van der Waals surface area contributed by atoms with Crippen LogP contribution >= 0.6 is 0 Å². The summed E-state index contributed by atoms with van der Waals surface area (Å²) < 4.78 is 54.4. The van der Waals surface area contributed by atoms with Crippen molar-refractivity contribution in [2.24, 2.45) is 0 Å². The van der Waals surface area contributed by atoms with E-state index in [-0.39, 0.29) is 27.2 Å². The zero-order chi connectivity index (χ0) is 21.9. The van der Waals surface area contributed by atoms with Crippen molar-refractivity contribution in [3.8, 4) is 0 Å². The number of rotatable bonds is 7. The highest BCUT2D eigenvalue weighted by atomic mass is 32.2. The number of hydrogen-bond acceptors (Lipinski definition) is 6. The standard InChI is InChI=1S/C19H23N3O6S2/c1-21(16-5-3-2-4-6-16)30(27,28)19-11-7-15(8-12-19)20-29(25,26)18-13-9-17(10-14-18)22(23)24/h7-14,16,20H,2-6H2,1H3. The molecule has 0 saturated heterocycles. The number of benzene rings is 2. The number of anilines is 1. The van der Waals surface area contributed by atoms with Crippen LogP contribution in [0.4, 0.5) is 11.4 Å². The summed E-state index contributed by atoms with van der Waals surface area (Å²) in [4.78, 5) is 10.0. The van der Waals surface area contributed by atoms with Gasteiger partial charge in [0.05, 0.1) is 14.7 Å². The Bertz CT molecular complexity index is 1110. The van der Waals surface area contributed by atoms with Gasteiger partial charge in [0.15, 0.2) is 0 Å². The smallest absolute Gasteiger partial charge is 0.269 e. The molecule has 30 heavy (non-hydrogen) atoms. The van der Waals surface area contributed by atoms with Crippen molar-refractivity contribution in [3.63, 3.8) is 0 Å². The monoisotopic (exact) mass is 453 g/mol. The normalized spacial score (nSPS) is 15.8. The summed E-state index contributed by atoms with van der Waals surface area (Å²) in [5, 5.41) is 10.7. The van der Waals surface area contributed by atoms with Gasteiger partial charge in [-0.05, 0) is 49.2 Å². The van der Waals surface area contributed by atoms with Gasteiger partial charge in [-0.3, -0.25) is 14.8 Å². The maximum Gasteiger partial charge on any atom is 0.269 e. The summed E-state index contributed by atoms with van der Waals surface area (Å²) in [5.41, 5.74) is -0.0294. The molecule has 1 N–H and O–H groups in total. The third-order valence-electron chi connectivity index (χ3n) is 5.23. The van der Waals surface area contributed by atoms with Gasteiger partial charge in [-0.2, -0.15) is 4.31 Å². The molecule has 0 radical (unpaired) electrons. The van der Waals surface area contributed by atoms with E-state index >= 15 is 0 Å². The third kappa shape index (κ3) is 4.79. The van der Waals surface area contributed by atoms with Gasteiger partial charge < -0.3 is 0 Å². The highest BCUT2D eigenvalue weighted by Crippen LogP contribution is 2.27. The van der Waals surface area contributed by atoms with Crippen LogP contribution in [0.3, 0.4) is 0 Å². The van der Waals surface area contributed by atoms with Crippen LogP contribution in [0.5, 0.6) is 0 Å². The first-order valence-corrected chi connectivity index (χ1v) is 12.4. The van der Waals surface area contributed by atoms with Crippen LogP contribution in [0.25, 0.3) is 0 Å². The Balaban J connectivity index is 1.75. The first-order valence-electron chi connectivity index (χ1n) is 9.47. The van der Waals surface area contributed by atoms with Crippen LogP contribution in [0.1, 0.15) is 32.1 Å². The van der Waals surface area contributed by atoms with E-state index < -0.39 is 25.0 Å². The largest absolute Gasteiger partial charge is 0.280 e. The lowest BCUT2D eigenvalue weighted by Crippen LogP contribution is -2.38. The van der Waals surface area contributed by atoms with Crippen molar-refractivity contribution < 1.29 is 21.8 Å². The van der Waals surface area contributed by atoms with Gasteiger partial charge in [0, 0.05) is 30.9 Å². The van der Waals surface area contributed by atoms with E-state index in [1.165, 1.54) is 28.6 Å². The molecule has 0 amide bonds. The average Bonchev–Trinajstić information content (AvgIpc) is 2.74. The molecular weight excluding hydrogens is 430 g/mol. The molecule has 0 spiro atoms. The summed E-state index contributed by atoms with van der Waals surface area (Å²) in [7, 11) is -6.06. The summed E-state index contributed by atoms with van der Waals surface area (Å²) in [6, 6.07) is 9.94. The van der Waals surface area contributed by atoms with Gasteiger partial charge in [-0.15, -0.1) is 0 Å². The average molecular weight is 454 g/mol. The lowest BCUT2D eigenvalue weighted by molar-refractivity contribution is -0.384. The Labute approximate surface area is 176 Å². The number of nitro benzene ring substituents is 1. The van der Waals surface area contributed by atoms with Crippen LogP contribution in [0.2, 0.25) is 0 Å². The molecule has 0 atom stereocenters. The molecule has 11 heteroatoms. The van der Waals surface area contributed by atoms with E-state index in [1.54, 1.807) is 7.05 Å². The number of nitrogens with zero attached hydrogens (tertiary/aromatic N) is 2. The zero-order valence-electron chi connectivity index (χ0n) is 16.4. The predicted molar refractivity (Wildman–Crippen MR) is 112 cm³/mol. The highest BCUT2D eigenvalue weighted by Gasteiger charge is 2.29. The molecule has 2 aromatic carbocycles. The van der Waals surface area contributed by atoms with Gasteiger partial charge in [0.2, 0.25) is 10.0 Å². The second-order valence-corrected chi connectivity index (χ2v) is 10.9. The predicted octanol–water partition coefficient (Wildman–Crippen LogP) is 3.35. The number of non-ortho nitro benzene ring substituents is 1. The Kier molecular flexibility index (Phi) is 6.44. The molecule has 0 unspecified atom stereocenters. The van der Waals surface area contributed by atoms with Crippen LogP contribution in [-0.4, -0.2) is 39.2 Å². The molecule has 0 bridgehead atoms. The molecule has 3 rings (SSSR count). The molecule has 1 saturated carbocycles. The van der Waals surface area contributed by atoms with Crippen molar-refractivity contribution in [3.05, 3.63) is 58.6 Å². The minimum absolute atomic E-state index is 0.0240. The third-order valence-corrected chi connectivity index (χ3v) is 8.55. The fourth-order valence-electron chi connectivity index (χ4n) is 3.46. The number of sulfonamides is 2. The molecule has 9 nitrogen and oxygen atoms in total. The Hall–Kier alpha value is -2.50. The fourth-order valence-corrected chi connectivity index (χ4v) is 5.94. The lowest BCUT2D eigenvalue weighted by atomic mass is 9.96. The highest BCUT2D eigenvalue weighted by molar-refractivity contribution is 7.92. The summed E-state index contributed by atoms with van der Waals surface area (Å²) >= 11 is 0. The van der Waals surface area contributed by atoms with Crippen LogP contribution < -0.4 is 4.72 Å². The van der Waals surface area contributed by atoms with Crippen LogP contribution in [-0.2, 0) is 20.0 Å². The second kappa shape index (κ2) is 8.70. The van der Waals surface area contributed by atoms with Gasteiger partial charge in [0.1, 0.15) is 0 Å². The Morgan fingerprint density at radius 1 is 0.900 bits per heavy atom. The first kappa shape index (κ1) is 22.2. The summed E-state index contributed by atoms with van der Waals surface area (Å²) in [5.74, 6) is 0.